The molecule has 1 aromatic rings. The van der Waals surface area contributed by atoms with E-state index in [-0.39, 0.29) is 12.2 Å². The van der Waals surface area contributed by atoms with Crippen LogP contribution >= 0.6 is 0 Å². The van der Waals surface area contributed by atoms with E-state index in [2.05, 4.69) is 5.32 Å². The Hall–Kier alpha value is -1.32. The summed E-state index contributed by atoms with van der Waals surface area (Å²) in [5.41, 5.74) is -0.370. The average Bonchev–Trinajstić information content (AvgIpc) is 2.40. The highest BCUT2D eigenvalue weighted by Crippen LogP contribution is 2.18. The Labute approximate surface area is 122 Å². The second-order valence-corrected chi connectivity index (χ2v) is 6.17. The third-order valence-corrected chi connectivity index (χ3v) is 4.21. The van der Waals surface area contributed by atoms with Crippen LogP contribution in [0.4, 0.5) is 18.9 Å². The first-order chi connectivity index (χ1) is 9.77. The van der Waals surface area contributed by atoms with Crippen molar-refractivity contribution in [3.63, 3.8) is 0 Å². The number of benzene rings is 1. The smallest absolute Gasteiger partial charge is 0.301 e. The molecule has 0 radical (unpaired) electrons. The van der Waals surface area contributed by atoms with Gasteiger partial charge in [0.05, 0.1) is 5.69 Å². The lowest BCUT2D eigenvalue weighted by atomic mass is 10.3. The molecule has 0 unspecified atom stereocenters. The topological polar surface area (TPSA) is 61.4 Å². The van der Waals surface area contributed by atoms with Crippen molar-refractivity contribution >= 4 is 15.9 Å². The average molecular weight is 325 g/mol. The van der Waals surface area contributed by atoms with E-state index in [1.807, 2.05) is 11.6 Å². The molecule has 0 saturated heterocycles. The van der Waals surface area contributed by atoms with Crippen molar-refractivity contribution in [2.45, 2.75) is 13.3 Å². The standard InChI is InChI=1S/C12H18F3N3O2S/c1-3-16-5-4-6-18(2)21(19,20)17-9-7-10(13)12(15)11(14)8-9/h7-8,16-17H,3-6H2,1-2H3. The van der Waals surface area contributed by atoms with E-state index in [4.69, 9.17) is 0 Å². The molecule has 120 valence electrons. The summed E-state index contributed by atoms with van der Waals surface area (Å²) in [5.74, 6) is -4.55. The summed E-state index contributed by atoms with van der Waals surface area (Å²) in [6.07, 6.45) is 0.581. The summed E-state index contributed by atoms with van der Waals surface area (Å²) in [6, 6.07) is 1.17. The lowest BCUT2D eigenvalue weighted by Gasteiger charge is -2.18. The molecular formula is C12H18F3N3O2S. The van der Waals surface area contributed by atoms with Gasteiger partial charge in [0.2, 0.25) is 0 Å². The molecule has 0 aliphatic heterocycles. The zero-order chi connectivity index (χ0) is 16.0. The Kier molecular flexibility index (Phi) is 6.43. The predicted molar refractivity (Wildman–Crippen MR) is 74.6 cm³/mol. The van der Waals surface area contributed by atoms with Gasteiger partial charge in [0.25, 0.3) is 0 Å². The molecule has 1 aromatic carbocycles. The van der Waals surface area contributed by atoms with Crippen molar-refractivity contribution in [2.75, 3.05) is 31.4 Å². The monoisotopic (exact) mass is 325 g/mol. The van der Waals surface area contributed by atoms with Crippen LogP contribution in [-0.4, -0.2) is 39.4 Å². The summed E-state index contributed by atoms with van der Waals surface area (Å²) < 4.78 is 65.7. The number of hydrogen-bond donors (Lipinski definition) is 2. The van der Waals surface area contributed by atoms with Gasteiger partial charge in [-0.25, -0.2) is 13.2 Å². The van der Waals surface area contributed by atoms with Crippen LogP contribution in [0.1, 0.15) is 13.3 Å². The van der Waals surface area contributed by atoms with Gasteiger partial charge >= 0.3 is 10.2 Å². The van der Waals surface area contributed by atoms with Crippen LogP contribution in [0.3, 0.4) is 0 Å². The second kappa shape index (κ2) is 7.62. The predicted octanol–water partition coefficient (Wildman–Crippen LogP) is 1.69. The molecule has 0 bridgehead atoms. The fourth-order valence-corrected chi connectivity index (χ4v) is 2.51. The van der Waals surface area contributed by atoms with Crippen molar-refractivity contribution in [3.05, 3.63) is 29.6 Å². The molecule has 0 aliphatic rings. The molecule has 0 aliphatic carbocycles. The molecular weight excluding hydrogens is 307 g/mol. The highest BCUT2D eigenvalue weighted by atomic mass is 32.2. The van der Waals surface area contributed by atoms with E-state index >= 15 is 0 Å². The minimum absolute atomic E-state index is 0.231. The Morgan fingerprint density at radius 1 is 1.19 bits per heavy atom. The fourth-order valence-electron chi connectivity index (χ4n) is 1.56. The second-order valence-electron chi connectivity index (χ2n) is 4.39. The SMILES string of the molecule is CCNCCCN(C)S(=O)(=O)Nc1cc(F)c(F)c(F)c1. The zero-order valence-electron chi connectivity index (χ0n) is 11.8. The minimum Gasteiger partial charge on any atom is -0.317 e. The van der Waals surface area contributed by atoms with Crippen molar-refractivity contribution in [1.82, 2.24) is 9.62 Å². The number of rotatable bonds is 8. The van der Waals surface area contributed by atoms with E-state index in [0.717, 1.165) is 10.8 Å². The Balaban J connectivity index is 2.71. The Bertz CT molecular complexity index is 558. The molecule has 5 nitrogen and oxygen atoms in total. The molecule has 1 rings (SSSR count). The normalized spacial score (nSPS) is 11.9. The number of hydrogen-bond acceptors (Lipinski definition) is 3. The minimum atomic E-state index is -3.95. The van der Waals surface area contributed by atoms with Gasteiger partial charge < -0.3 is 5.32 Å². The van der Waals surface area contributed by atoms with Gasteiger partial charge in [0, 0.05) is 25.7 Å². The van der Waals surface area contributed by atoms with Crippen molar-refractivity contribution < 1.29 is 21.6 Å². The lowest BCUT2D eigenvalue weighted by molar-refractivity contribution is 0.447. The van der Waals surface area contributed by atoms with Gasteiger partial charge in [-0.15, -0.1) is 0 Å². The van der Waals surface area contributed by atoms with Crippen LogP contribution in [0.25, 0.3) is 0 Å². The van der Waals surface area contributed by atoms with Crippen LogP contribution in [-0.2, 0) is 10.2 Å². The summed E-state index contributed by atoms with van der Waals surface area (Å²) in [6.45, 7) is 3.59. The van der Waals surface area contributed by atoms with Crippen LogP contribution in [0.2, 0.25) is 0 Å². The van der Waals surface area contributed by atoms with Crippen molar-refractivity contribution in [2.24, 2.45) is 0 Å². The number of halogens is 3. The molecule has 0 aromatic heterocycles. The fraction of sp³-hybridized carbons (Fsp3) is 0.500. The molecule has 2 N–H and O–H groups in total. The lowest BCUT2D eigenvalue weighted by Crippen LogP contribution is -2.34. The highest BCUT2D eigenvalue weighted by molar-refractivity contribution is 7.90. The quantitative estimate of drug-likeness (QED) is 0.565. The molecule has 0 spiro atoms. The summed E-state index contributed by atoms with van der Waals surface area (Å²) in [7, 11) is -2.61. The Morgan fingerprint density at radius 3 is 2.29 bits per heavy atom. The maximum atomic E-state index is 13.0. The number of nitrogens with one attached hydrogen (secondary N) is 2. The molecule has 0 amide bonds. The zero-order valence-corrected chi connectivity index (χ0v) is 12.6. The van der Waals surface area contributed by atoms with Crippen LogP contribution in [0.5, 0.6) is 0 Å². The highest BCUT2D eigenvalue weighted by Gasteiger charge is 2.19. The summed E-state index contributed by atoms with van der Waals surface area (Å²) >= 11 is 0. The van der Waals surface area contributed by atoms with Gasteiger partial charge in [-0.1, -0.05) is 6.92 Å². The largest absolute Gasteiger partial charge is 0.317 e. The van der Waals surface area contributed by atoms with Gasteiger partial charge in [0.1, 0.15) is 0 Å². The van der Waals surface area contributed by atoms with Gasteiger partial charge in [0.15, 0.2) is 17.5 Å². The number of anilines is 1. The maximum Gasteiger partial charge on any atom is 0.301 e. The maximum absolute atomic E-state index is 13.0. The Morgan fingerprint density at radius 2 is 1.76 bits per heavy atom. The van der Waals surface area contributed by atoms with Crippen LogP contribution < -0.4 is 10.0 Å². The van der Waals surface area contributed by atoms with Crippen LogP contribution in [0, 0.1) is 17.5 Å². The molecule has 0 fully saturated rings. The van der Waals surface area contributed by atoms with Gasteiger partial charge in [-0.3, -0.25) is 4.72 Å². The van der Waals surface area contributed by atoms with E-state index in [9.17, 15) is 21.6 Å². The first-order valence-electron chi connectivity index (χ1n) is 6.37. The van der Waals surface area contributed by atoms with E-state index in [0.29, 0.717) is 25.1 Å². The first kappa shape index (κ1) is 17.7. The summed E-state index contributed by atoms with van der Waals surface area (Å²) in [5, 5.41) is 3.04. The van der Waals surface area contributed by atoms with E-state index in [1.165, 1.54) is 7.05 Å². The molecule has 0 heterocycles. The van der Waals surface area contributed by atoms with E-state index < -0.39 is 27.7 Å². The summed E-state index contributed by atoms with van der Waals surface area (Å²) in [4.78, 5) is 0. The third-order valence-electron chi connectivity index (χ3n) is 2.72. The third kappa shape index (κ3) is 5.18. The molecule has 21 heavy (non-hydrogen) atoms. The molecule has 9 heteroatoms. The first-order valence-corrected chi connectivity index (χ1v) is 7.81. The molecule has 0 atom stereocenters. The molecule has 0 saturated carbocycles. The van der Waals surface area contributed by atoms with Gasteiger partial charge in [-0.05, 0) is 19.5 Å². The van der Waals surface area contributed by atoms with Crippen molar-refractivity contribution in [1.29, 1.82) is 0 Å². The van der Waals surface area contributed by atoms with E-state index in [1.54, 1.807) is 0 Å². The van der Waals surface area contributed by atoms with Gasteiger partial charge in [-0.2, -0.15) is 12.7 Å². The number of nitrogens with zero attached hydrogens (tertiary/aromatic N) is 1. The van der Waals surface area contributed by atoms with Crippen LogP contribution in [0.15, 0.2) is 12.1 Å². The van der Waals surface area contributed by atoms with Crippen molar-refractivity contribution in [3.8, 4) is 0 Å².